The molecule has 0 aliphatic carbocycles. The van der Waals surface area contributed by atoms with Crippen LogP contribution in [0.25, 0.3) is 0 Å². The normalized spacial score (nSPS) is 12.7. The molecule has 364 valence electrons. The largest absolute Gasteiger partial charge is 0.377 e. The van der Waals surface area contributed by atoms with Crippen molar-refractivity contribution in [1.29, 1.82) is 5.26 Å². The maximum atomic E-state index is 11.6. The molecule has 0 saturated carbocycles. The molecule has 0 aliphatic heterocycles. The van der Waals surface area contributed by atoms with Gasteiger partial charge < -0.3 is 37.8 Å². The smallest absolute Gasteiger partial charge is 0.257 e. The van der Waals surface area contributed by atoms with Crippen LogP contribution >= 0.6 is 8.53 Å². The number of benzene rings is 6. The molecule has 6 rings (SSSR count). The van der Waals surface area contributed by atoms with Crippen LogP contribution in [-0.2, 0) is 44.1 Å². The number of nitriles is 1. The zero-order chi connectivity index (χ0) is 48.6. The van der Waals surface area contributed by atoms with Crippen molar-refractivity contribution < 1.29 is 37.8 Å². The lowest BCUT2D eigenvalue weighted by Gasteiger charge is -2.43. The number of rotatable bonds is 31. The number of hydrogen-bond acceptors (Lipinski definition) is 10. The third-order valence-corrected chi connectivity index (χ3v) is 13.8. The standard InChI is InChI=1S/C58H69N2O8P/c1-48(2)60(56(3,4)36-23-37-59)69(61)68-55(46-64-40-38-62-42-44-66-57(49-24-11-5-12-25-49,50-26-13-6-14-27-50)51-28-15-7-16-29-51)47-65-41-39-63-43-45-67-58(52-30-17-8-18-31-52,53-32-19-9-20-33-53)54-34-21-10-22-35-54/h5-22,24-35,48,55,61H,23,36,38-47H2,1-4H3. The molecule has 0 bridgehead atoms. The minimum atomic E-state index is -2.06. The van der Waals surface area contributed by atoms with Gasteiger partial charge in [-0.25, -0.2) is 4.67 Å². The monoisotopic (exact) mass is 952 g/mol. The summed E-state index contributed by atoms with van der Waals surface area (Å²) in [5, 5.41) is 9.34. The maximum Gasteiger partial charge on any atom is 0.257 e. The van der Waals surface area contributed by atoms with Gasteiger partial charge in [-0.2, -0.15) is 5.26 Å². The van der Waals surface area contributed by atoms with E-state index in [2.05, 4.69) is 78.9 Å². The first-order valence-electron chi connectivity index (χ1n) is 24.0. The highest BCUT2D eigenvalue weighted by Gasteiger charge is 2.39. The summed E-state index contributed by atoms with van der Waals surface area (Å²) in [6.45, 7) is 11.0. The molecule has 0 aromatic heterocycles. The molecule has 69 heavy (non-hydrogen) atoms. The first-order valence-corrected chi connectivity index (χ1v) is 25.1. The van der Waals surface area contributed by atoms with E-state index in [9.17, 15) is 10.2 Å². The molecule has 0 spiro atoms. The van der Waals surface area contributed by atoms with Gasteiger partial charge in [-0.3, -0.25) is 0 Å². The molecule has 6 aromatic rings. The highest BCUT2D eigenvalue weighted by Crippen LogP contribution is 2.47. The lowest BCUT2D eigenvalue weighted by atomic mass is 9.80. The van der Waals surface area contributed by atoms with E-state index >= 15 is 0 Å². The van der Waals surface area contributed by atoms with Gasteiger partial charge in [0.15, 0.2) is 0 Å². The summed E-state index contributed by atoms with van der Waals surface area (Å²) < 4.78 is 46.4. The predicted molar refractivity (Wildman–Crippen MR) is 274 cm³/mol. The number of hydrogen-bond donors (Lipinski definition) is 1. The van der Waals surface area contributed by atoms with E-state index in [1.54, 1.807) is 0 Å². The molecule has 0 radical (unpaired) electrons. The molecular weight excluding hydrogens is 884 g/mol. The van der Waals surface area contributed by atoms with Gasteiger partial charge in [-0.05, 0) is 67.5 Å². The van der Waals surface area contributed by atoms with E-state index in [1.165, 1.54) is 0 Å². The molecule has 1 atom stereocenters. The van der Waals surface area contributed by atoms with E-state index in [4.69, 9.17) is 32.9 Å². The highest BCUT2D eigenvalue weighted by atomic mass is 31.2. The van der Waals surface area contributed by atoms with Crippen molar-refractivity contribution in [3.05, 3.63) is 215 Å². The average Bonchev–Trinajstić information content (AvgIpc) is 3.38. The Morgan fingerprint density at radius 1 is 0.478 bits per heavy atom. The van der Waals surface area contributed by atoms with Crippen molar-refractivity contribution in [3.8, 4) is 6.07 Å². The van der Waals surface area contributed by atoms with Gasteiger partial charge in [-0.1, -0.05) is 182 Å². The molecule has 0 heterocycles. The van der Waals surface area contributed by atoms with E-state index in [-0.39, 0.29) is 19.3 Å². The van der Waals surface area contributed by atoms with Crippen molar-refractivity contribution in [1.82, 2.24) is 4.67 Å². The van der Waals surface area contributed by atoms with Gasteiger partial charge in [0.2, 0.25) is 0 Å². The zero-order valence-electron chi connectivity index (χ0n) is 40.6. The Morgan fingerprint density at radius 2 is 0.768 bits per heavy atom. The van der Waals surface area contributed by atoms with Crippen LogP contribution in [0.2, 0.25) is 0 Å². The van der Waals surface area contributed by atoms with Crippen molar-refractivity contribution in [2.75, 3.05) is 66.1 Å². The summed E-state index contributed by atoms with van der Waals surface area (Å²) >= 11 is 0. The molecule has 1 unspecified atom stereocenters. The minimum Gasteiger partial charge on any atom is -0.377 e. The van der Waals surface area contributed by atoms with Crippen molar-refractivity contribution >= 4 is 8.53 Å². The van der Waals surface area contributed by atoms with Crippen LogP contribution in [0.5, 0.6) is 0 Å². The van der Waals surface area contributed by atoms with Crippen LogP contribution in [0.15, 0.2) is 182 Å². The van der Waals surface area contributed by atoms with E-state index < -0.39 is 31.4 Å². The molecule has 6 aromatic carbocycles. The van der Waals surface area contributed by atoms with Crippen molar-refractivity contribution in [2.45, 2.75) is 69.4 Å². The molecule has 11 heteroatoms. The van der Waals surface area contributed by atoms with Crippen LogP contribution < -0.4 is 0 Å². The topological polar surface area (TPSA) is 112 Å². The fourth-order valence-corrected chi connectivity index (χ4v) is 10.3. The Balaban J connectivity index is 1.02. The molecule has 0 amide bonds. The fourth-order valence-electron chi connectivity index (χ4n) is 8.81. The van der Waals surface area contributed by atoms with Gasteiger partial charge in [0.05, 0.1) is 72.1 Å². The van der Waals surface area contributed by atoms with Crippen LogP contribution in [0, 0.1) is 11.3 Å². The van der Waals surface area contributed by atoms with E-state index in [0.717, 1.165) is 33.4 Å². The number of ether oxygens (including phenoxy) is 6. The second kappa shape index (κ2) is 27.9. The predicted octanol–water partition coefficient (Wildman–Crippen LogP) is 11.5. The first kappa shape index (κ1) is 53.2. The second-order valence-electron chi connectivity index (χ2n) is 17.5. The average molecular weight is 953 g/mol. The quantitative estimate of drug-likeness (QED) is 0.0257. The van der Waals surface area contributed by atoms with Crippen LogP contribution in [0.1, 0.15) is 73.9 Å². The summed E-state index contributed by atoms with van der Waals surface area (Å²) in [5.74, 6) is 0. The molecule has 0 saturated heterocycles. The molecule has 0 fully saturated rings. The van der Waals surface area contributed by atoms with E-state index in [1.807, 2.05) is 142 Å². The summed E-state index contributed by atoms with van der Waals surface area (Å²) in [4.78, 5) is 11.6. The Kier molecular flexibility index (Phi) is 21.5. The molecular formula is C58H69N2O8P. The Morgan fingerprint density at radius 3 is 1.06 bits per heavy atom. The lowest BCUT2D eigenvalue weighted by Crippen LogP contribution is -2.45. The fraction of sp³-hybridized carbons (Fsp3) is 0.362. The summed E-state index contributed by atoms with van der Waals surface area (Å²) in [6, 6.07) is 63.8. The molecule has 10 nitrogen and oxygen atoms in total. The van der Waals surface area contributed by atoms with Crippen molar-refractivity contribution in [3.63, 3.8) is 0 Å². The molecule has 1 N–H and O–H groups in total. The molecule has 0 aliphatic rings. The Hall–Kier alpha value is -5.12. The third-order valence-electron chi connectivity index (χ3n) is 11.9. The lowest BCUT2D eigenvalue weighted by molar-refractivity contribution is -0.0555. The van der Waals surface area contributed by atoms with E-state index in [0.29, 0.717) is 65.7 Å². The van der Waals surface area contributed by atoms with Crippen molar-refractivity contribution in [2.24, 2.45) is 0 Å². The second-order valence-corrected chi connectivity index (χ2v) is 18.7. The van der Waals surface area contributed by atoms with Crippen LogP contribution in [-0.4, -0.2) is 93.3 Å². The summed E-state index contributed by atoms with van der Waals surface area (Å²) in [7, 11) is -2.06. The Bertz CT molecular complexity index is 2000. The van der Waals surface area contributed by atoms with Gasteiger partial charge in [0, 0.05) is 18.0 Å². The SMILES string of the molecule is CC(C)N(P(O)OC(COCCOCCOC(c1ccccc1)(c1ccccc1)c1ccccc1)COCCOCCOC(c1ccccc1)(c1ccccc1)c1ccccc1)C(C)(C)CCC#N. The van der Waals surface area contributed by atoms with Crippen LogP contribution in [0.4, 0.5) is 0 Å². The van der Waals surface area contributed by atoms with Gasteiger partial charge in [0.25, 0.3) is 8.53 Å². The van der Waals surface area contributed by atoms with Gasteiger partial charge in [-0.15, -0.1) is 0 Å². The number of nitrogens with zero attached hydrogens (tertiary/aromatic N) is 2. The Labute approximate surface area is 411 Å². The first-order chi connectivity index (χ1) is 33.7. The van der Waals surface area contributed by atoms with Crippen LogP contribution in [0.3, 0.4) is 0 Å². The minimum absolute atomic E-state index is 0.0441. The third kappa shape index (κ3) is 14.7. The summed E-state index contributed by atoms with van der Waals surface area (Å²) in [5.41, 5.74) is 4.02. The van der Waals surface area contributed by atoms with Gasteiger partial charge >= 0.3 is 0 Å². The summed E-state index contributed by atoms with van der Waals surface area (Å²) in [6.07, 6.45) is 0.353. The van der Waals surface area contributed by atoms with Gasteiger partial charge in [0.1, 0.15) is 17.3 Å². The highest BCUT2D eigenvalue weighted by molar-refractivity contribution is 7.43. The zero-order valence-corrected chi connectivity index (χ0v) is 41.5. The maximum absolute atomic E-state index is 11.6.